The van der Waals surface area contributed by atoms with Gasteiger partial charge in [-0.1, -0.05) is 30.8 Å². The molecule has 1 fully saturated rings. The van der Waals surface area contributed by atoms with Gasteiger partial charge in [-0.05, 0) is 38.2 Å². The lowest BCUT2D eigenvalue weighted by Crippen LogP contribution is -2.37. The van der Waals surface area contributed by atoms with Crippen LogP contribution >= 0.6 is 11.8 Å². The minimum atomic E-state index is -0.0369. The number of likely N-dealkylation sites (N-methyl/N-ethyl adjacent to an activating group) is 1. The third-order valence-corrected chi connectivity index (χ3v) is 5.79. The van der Waals surface area contributed by atoms with Crippen molar-refractivity contribution in [2.24, 2.45) is 0 Å². The number of aromatic nitrogens is 2. The van der Waals surface area contributed by atoms with Gasteiger partial charge in [0.1, 0.15) is 5.82 Å². The molecule has 7 nitrogen and oxygen atoms in total. The number of ether oxygens (including phenoxy) is 1. The fourth-order valence-corrected chi connectivity index (χ4v) is 3.88. The third kappa shape index (κ3) is 6.68. The summed E-state index contributed by atoms with van der Waals surface area (Å²) >= 11 is 1.63. The smallest absolute Gasteiger partial charge is 0.251 e. The van der Waals surface area contributed by atoms with Crippen molar-refractivity contribution < 1.29 is 9.53 Å². The average molecular weight is 430 g/mol. The Balaban J connectivity index is 1.59. The Kier molecular flexibility index (Phi) is 8.48. The van der Waals surface area contributed by atoms with E-state index in [2.05, 4.69) is 28.2 Å². The van der Waals surface area contributed by atoms with E-state index >= 15 is 0 Å². The van der Waals surface area contributed by atoms with E-state index in [0.717, 1.165) is 67.3 Å². The molecule has 0 spiro atoms. The molecule has 0 bridgehead atoms. The second-order valence-corrected chi connectivity index (χ2v) is 8.44. The number of morpholine rings is 1. The van der Waals surface area contributed by atoms with E-state index in [1.54, 1.807) is 11.8 Å². The SMILES string of the molecule is CCc1cc(N2CCOCC2)nc(SCc2ccc(C(=O)NCCN(C)C)cc2)n1. The van der Waals surface area contributed by atoms with Gasteiger partial charge in [-0.15, -0.1) is 0 Å². The van der Waals surface area contributed by atoms with Gasteiger partial charge in [0.05, 0.1) is 13.2 Å². The largest absolute Gasteiger partial charge is 0.378 e. The molecule has 0 saturated carbocycles. The minimum Gasteiger partial charge on any atom is -0.378 e. The van der Waals surface area contributed by atoms with Gasteiger partial charge in [0, 0.05) is 49.3 Å². The van der Waals surface area contributed by atoms with Crippen molar-refractivity contribution in [2.45, 2.75) is 24.3 Å². The molecule has 0 aliphatic carbocycles. The number of benzene rings is 1. The quantitative estimate of drug-likeness (QED) is 0.485. The van der Waals surface area contributed by atoms with Crippen LogP contribution in [0.2, 0.25) is 0 Å². The van der Waals surface area contributed by atoms with Crippen molar-refractivity contribution in [1.29, 1.82) is 0 Å². The van der Waals surface area contributed by atoms with Crippen LogP contribution in [0.4, 0.5) is 5.82 Å². The van der Waals surface area contributed by atoms with Crippen molar-refractivity contribution in [1.82, 2.24) is 20.2 Å². The lowest BCUT2D eigenvalue weighted by molar-refractivity contribution is 0.0951. The summed E-state index contributed by atoms with van der Waals surface area (Å²) in [5.74, 6) is 1.71. The highest BCUT2D eigenvalue weighted by atomic mass is 32.2. The Morgan fingerprint density at radius 2 is 1.93 bits per heavy atom. The molecule has 3 rings (SSSR count). The van der Waals surface area contributed by atoms with Crippen molar-refractivity contribution in [3.05, 3.63) is 47.2 Å². The molecule has 2 aromatic rings. The lowest BCUT2D eigenvalue weighted by Gasteiger charge is -2.28. The van der Waals surface area contributed by atoms with Crippen LogP contribution in [0.3, 0.4) is 0 Å². The van der Waals surface area contributed by atoms with E-state index in [1.165, 1.54) is 0 Å². The van der Waals surface area contributed by atoms with Gasteiger partial charge in [0.25, 0.3) is 5.91 Å². The first kappa shape index (κ1) is 22.5. The number of aryl methyl sites for hydroxylation is 1. The summed E-state index contributed by atoms with van der Waals surface area (Å²) in [6, 6.07) is 9.84. The van der Waals surface area contributed by atoms with Crippen LogP contribution in [0.25, 0.3) is 0 Å². The second kappa shape index (κ2) is 11.3. The number of rotatable bonds is 9. The normalized spacial score (nSPS) is 14.2. The molecule has 1 aromatic heterocycles. The summed E-state index contributed by atoms with van der Waals surface area (Å²) in [5.41, 5.74) is 2.88. The zero-order chi connectivity index (χ0) is 21.3. The Bertz CT molecular complexity index is 823. The maximum absolute atomic E-state index is 12.2. The molecule has 0 radical (unpaired) electrons. The molecule has 30 heavy (non-hydrogen) atoms. The van der Waals surface area contributed by atoms with Crippen molar-refractivity contribution in [2.75, 3.05) is 58.4 Å². The van der Waals surface area contributed by atoms with E-state index < -0.39 is 0 Å². The highest BCUT2D eigenvalue weighted by molar-refractivity contribution is 7.98. The molecule has 1 aliphatic heterocycles. The number of hydrogen-bond acceptors (Lipinski definition) is 7. The molecule has 0 unspecified atom stereocenters. The van der Waals surface area contributed by atoms with Gasteiger partial charge in [0.2, 0.25) is 0 Å². The standard InChI is InChI=1S/C22H31N5O2S/c1-4-19-15-20(27-11-13-29-14-12-27)25-22(24-19)30-16-17-5-7-18(8-6-17)21(28)23-9-10-26(2)3/h5-8,15H,4,9-14,16H2,1-3H3,(H,23,28). The van der Waals surface area contributed by atoms with Crippen LogP contribution in [0.1, 0.15) is 28.5 Å². The molecule has 1 saturated heterocycles. The first-order valence-corrected chi connectivity index (χ1v) is 11.4. The van der Waals surface area contributed by atoms with Crippen LogP contribution in [0.5, 0.6) is 0 Å². The third-order valence-electron chi connectivity index (χ3n) is 4.87. The molecule has 2 heterocycles. The van der Waals surface area contributed by atoms with E-state index in [4.69, 9.17) is 9.72 Å². The fourth-order valence-electron chi connectivity index (χ4n) is 3.05. The Hall–Kier alpha value is -2.16. The molecular formula is C22H31N5O2S. The zero-order valence-electron chi connectivity index (χ0n) is 18.1. The van der Waals surface area contributed by atoms with E-state index in [-0.39, 0.29) is 5.91 Å². The van der Waals surface area contributed by atoms with Gasteiger partial charge >= 0.3 is 0 Å². The van der Waals surface area contributed by atoms with E-state index in [1.807, 2.05) is 43.3 Å². The lowest BCUT2D eigenvalue weighted by atomic mass is 10.1. The van der Waals surface area contributed by atoms with E-state index in [0.29, 0.717) is 12.1 Å². The molecule has 8 heteroatoms. The predicted molar refractivity (Wildman–Crippen MR) is 121 cm³/mol. The summed E-state index contributed by atoms with van der Waals surface area (Å²) in [6.45, 7) is 6.78. The molecule has 1 amide bonds. The van der Waals surface area contributed by atoms with Gasteiger partial charge in [-0.3, -0.25) is 4.79 Å². The second-order valence-electron chi connectivity index (χ2n) is 7.50. The number of thioether (sulfide) groups is 1. The predicted octanol–water partition coefficient (Wildman–Crippen LogP) is 2.46. The maximum Gasteiger partial charge on any atom is 0.251 e. The van der Waals surface area contributed by atoms with Gasteiger partial charge in [-0.2, -0.15) is 0 Å². The number of nitrogens with one attached hydrogen (secondary N) is 1. The van der Waals surface area contributed by atoms with Crippen LogP contribution in [0.15, 0.2) is 35.5 Å². The average Bonchev–Trinajstić information content (AvgIpc) is 2.78. The van der Waals surface area contributed by atoms with Gasteiger partial charge < -0.3 is 19.9 Å². The highest BCUT2D eigenvalue weighted by Crippen LogP contribution is 2.24. The molecule has 0 atom stereocenters. The molecule has 1 aromatic carbocycles. The Morgan fingerprint density at radius 1 is 1.20 bits per heavy atom. The molecule has 1 N–H and O–H groups in total. The summed E-state index contributed by atoms with van der Waals surface area (Å²) in [5, 5.41) is 3.73. The van der Waals surface area contributed by atoms with Crippen molar-refractivity contribution in [3.8, 4) is 0 Å². The number of carbonyl (C=O) groups is 1. The summed E-state index contributed by atoms with van der Waals surface area (Å²) in [6.07, 6.45) is 0.880. The summed E-state index contributed by atoms with van der Waals surface area (Å²) in [7, 11) is 3.98. The number of hydrogen-bond donors (Lipinski definition) is 1. The molecule has 1 aliphatic rings. The Labute approximate surface area is 183 Å². The number of amides is 1. The van der Waals surface area contributed by atoms with Crippen LogP contribution < -0.4 is 10.2 Å². The first-order chi connectivity index (χ1) is 14.5. The Morgan fingerprint density at radius 3 is 2.60 bits per heavy atom. The first-order valence-electron chi connectivity index (χ1n) is 10.4. The zero-order valence-corrected chi connectivity index (χ0v) is 18.9. The van der Waals surface area contributed by atoms with Crippen LogP contribution in [-0.2, 0) is 16.9 Å². The summed E-state index contributed by atoms with van der Waals surface area (Å²) < 4.78 is 5.45. The maximum atomic E-state index is 12.2. The number of anilines is 1. The number of carbonyl (C=O) groups excluding carboxylic acids is 1. The fraction of sp³-hybridized carbons (Fsp3) is 0.500. The van der Waals surface area contributed by atoms with Crippen LogP contribution in [-0.4, -0.2) is 74.3 Å². The number of nitrogens with zero attached hydrogens (tertiary/aromatic N) is 4. The monoisotopic (exact) mass is 429 g/mol. The van der Waals surface area contributed by atoms with Crippen molar-refractivity contribution in [3.63, 3.8) is 0 Å². The molecular weight excluding hydrogens is 398 g/mol. The summed E-state index contributed by atoms with van der Waals surface area (Å²) in [4.78, 5) is 26.0. The van der Waals surface area contributed by atoms with Crippen LogP contribution in [0, 0.1) is 0 Å². The van der Waals surface area contributed by atoms with Crippen molar-refractivity contribution >= 4 is 23.5 Å². The molecule has 162 valence electrons. The van der Waals surface area contributed by atoms with Gasteiger partial charge in [-0.25, -0.2) is 9.97 Å². The topological polar surface area (TPSA) is 70.6 Å². The minimum absolute atomic E-state index is 0.0369. The van der Waals surface area contributed by atoms with Gasteiger partial charge in [0.15, 0.2) is 5.16 Å². The highest BCUT2D eigenvalue weighted by Gasteiger charge is 2.15. The van der Waals surface area contributed by atoms with E-state index in [9.17, 15) is 4.79 Å².